The highest BCUT2D eigenvalue weighted by Gasteiger charge is 2.09. The maximum atomic E-state index is 11.3. The number of nitrogens with zero attached hydrogens (tertiary/aromatic N) is 2. The van der Waals surface area contributed by atoms with Crippen LogP contribution in [0.25, 0.3) is 16.8 Å². The molecule has 0 saturated heterocycles. The average molecular weight is 373 g/mol. The number of aromatic nitrogens is 1. The Morgan fingerprint density at radius 3 is 2.48 bits per heavy atom. The van der Waals surface area contributed by atoms with Gasteiger partial charge in [-0.3, -0.25) is 4.79 Å². The van der Waals surface area contributed by atoms with E-state index in [1.54, 1.807) is 18.3 Å². The van der Waals surface area contributed by atoms with Gasteiger partial charge < -0.3 is 5.32 Å². The molecular weight excluding hydrogens is 354 g/mol. The standard InChI is InChI=1S/C22H19N3OS/c1-3-16-4-6-18(7-5-16)21-14-27-22(25-21)19(12-23)13-24-20-10-8-17(9-11-20)15(2)26/h4-11,13-14,24H,3H2,1-2H3/b19-13+. The van der Waals surface area contributed by atoms with Crippen molar-refractivity contribution in [3.8, 4) is 17.3 Å². The first kappa shape index (κ1) is 18.6. The van der Waals surface area contributed by atoms with Crippen molar-refractivity contribution in [3.63, 3.8) is 0 Å². The van der Waals surface area contributed by atoms with E-state index in [0.717, 1.165) is 23.4 Å². The molecule has 0 spiro atoms. The maximum absolute atomic E-state index is 11.3. The zero-order valence-corrected chi connectivity index (χ0v) is 16.0. The van der Waals surface area contributed by atoms with Gasteiger partial charge in [0.25, 0.3) is 0 Å². The number of carbonyl (C=O) groups is 1. The van der Waals surface area contributed by atoms with Gasteiger partial charge in [-0.05, 0) is 43.2 Å². The third-order valence-electron chi connectivity index (χ3n) is 4.19. The lowest BCUT2D eigenvalue weighted by Crippen LogP contribution is -1.94. The van der Waals surface area contributed by atoms with Gasteiger partial charge in [-0.25, -0.2) is 4.98 Å². The molecule has 0 aliphatic carbocycles. The molecule has 0 fully saturated rings. The van der Waals surface area contributed by atoms with Crippen LogP contribution in [-0.2, 0) is 6.42 Å². The van der Waals surface area contributed by atoms with Crippen molar-refractivity contribution in [3.05, 3.63) is 76.2 Å². The molecule has 0 atom stereocenters. The number of allylic oxidation sites excluding steroid dienone is 1. The van der Waals surface area contributed by atoms with Gasteiger partial charge >= 0.3 is 0 Å². The Morgan fingerprint density at radius 1 is 1.19 bits per heavy atom. The lowest BCUT2D eigenvalue weighted by molar-refractivity contribution is 0.101. The first-order chi connectivity index (χ1) is 13.1. The number of rotatable bonds is 6. The largest absolute Gasteiger partial charge is 0.360 e. The lowest BCUT2D eigenvalue weighted by atomic mass is 10.1. The second-order valence-electron chi connectivity index (χ2n) is 6.04. The number of anilines is 1. The third kappa shape index (κ3) is 4.49. The highest BCUT2D eigenvalue weighted by molar-refractivity contribution is 7.11. The molecule has 134 valence electrons. The van der Waals surface area contributed by atoms with E-state index in [2.05, 4.69) is 47.6 Å². The lowest BCUT2D eigenvalue weighted by Gasteiger charge is -2.02. The fraction of sp³-hybridized carbons (Fsp3) is 0.136. The van der Waals surface area contributed by atoms with E-state index in [9.17, 15) is 10.1 Å². The number of aryl methyl sites for hydroxylation is 1. The van der Waals surface area contributed by atoms with Gasteiger partial charge in [0.2, 0.25) is 0 Å². The van der Waals surface area contributed by atoms with E-state index >= 15 is 0 Å². The number of hydrogen-bond acceptors (Lipinski definition) is 5. The molecule has 0 bridgehead atoms. The van der Waals surface area contributed by atoms with Crippen LogP contribution in [0.3, 0.4) is 0 Å². The number of Topliss-reactive ketones (excluding diaryl/α,β-unsaturated/α-hetero) is 1. The summed E-state index contributed by atoms with van der Waals surface area (Å²) >= 11 is 1.44. The van der Waals surface area contributed by atoms with Crippen LogP contribution in [0.15, 0.2) is 60.1 Å². The highest BCUT2D eigenvalue weighted by atomic mass is 32.1. The molecule has 27 heavy (non-hydrogen) atoms. The summed E-state index contributed by atoms with van der Waals surface area (Å²) in [6.45, 7) is 3.66. The Hall–Kier alpha value is -3.23. The first-order valence-electron chi connectivity index (χ1n) is 8.63. The van der Waals surface area contributed by atoms with Gasteiger partial charge in [0.1, 0.15) is 16.6 Å². The topological polar surface area (TPSA) is 65.8 Å². The van der Waals surface area contributed by atoms with Crippen molar-refractivity contribution in [2.75, 3.05) is 5.32 Å². The van der Waals surface area contributed by atoms with Gasteiger partial charge in [-0.1, -0.05) is 31.2 Å². The van der Waals surface area contributed by atoms with Crippen molar-refractivity contribution in [1.82, 2.24) is 4.98 Å². The number of benzene rings is 2. The summed E-state index contributed by atoms with van der Waals surface area (Å²) in [7, 11) is 0. The molecule has 0 amide bonds. The SMILES string of the molecule is CCc1ccc(-c2csc(/C(C#N)=C/Nc3ccc(C(C)=O)cc3)n2)cc1. The van der Waals surface area contributed by atoms with E-state index in [-0.39, 0.29) is 5.78 Å². The second kappa shape index (κ2) is 8.43. The predicted molar refractivity (Wildman–Crippen MR) is 111 cm³/mol. The van der Waals surface area contributed by atoms with Crippen LogP contribution in [0.5, 0.6) is 0 Å². The summed E-state index contributed by atoms with van der Waals surface area (Å²) in [4.78, 5) is 15.9. The first-order valence-corrected chi connectivity index (χ1v) is 9.51. The minimum atomic E-state index is 0.0251. The Morgan fingerprint density at radius 2 is 1.89 bits per heavy atom. The molecule has 3 aromatic rings. The Balaban J connectivity index is 1.77. The van der Waals surface area contributed by atoms with Crippen molar-refractivity contribution in [2.45, 2.75) is 20.3 Å². The van der Waals surface area contributed by atoms with Crippen molar-refractivity contribution >= 4 is 28.4 Å². The smallest absolute Gasteiger partial charge is 0.159 e. The molecule has 0 aliphatic rings. The average Bonchev–Trinajstić information content (AvgIpc) is 3.19. The van der Waals surface area contributed by atoms with Crippen LogP contribution in [-0.4, -0.2) is 10.8 Å². The quantitative estimate of drug-likeness (QED) is 0.454. The molecule has 5 heteroatoms. The van der Waals surface area contributed by atoms with Crippen molar-refractivity contribution in [1.29, 1.82) is 5.26 Å². The number of nitriles is 1. The fourth-order valence-electron chi connectivity index (χ4n) is 2.54. The molecular formula is C22H19N3OS. The maximum Gasteiger partial charge on any atom is 0.159 e. The number of nitrogens with one attached hydrogen (secondary N) is 1. The molecule has 2 aromatic carbocycles. The monoisotopic (exact) mass is 373 g/mol. The van der Waals surface area contributed by atoms with Crippen LogP contribution in [0.4, 0.5) is 5.69 Å². The predicted octanol–water partition coefficient (Wildman–Crippen LogP) is 5.55. The van der Waals surface area contributed by atoms with Crippen LogP contribution < -0.4 is 5.32 Å². The van der Waals surface area contributed by atoms with E-state index in [1.807, 2.05) is 17.5 Å². The molecule has 0 saturated carbocycles. The molecule has 1 N–H and O–H groups in total. The Bertz CT molecular complexity index is 1010. The summed E-state index contributed by atoms with van der Waals surface area (Å²) in [6.07, 6.45) is 2.65. The van der Waals surface area contributed by atoms with Gasteiger partial charge in [0.05, 0.1) is 5.69 Å². The molecule has 0 unspecified atom stereocenters. The summed E-state index contributed by atoms with van der Waals surface area (Å²) < 4.78 is 0. The van der Waals surface area contributed by atoms with E-state index < -0.39 is 0 Å². The summed E-state index contributed by atoms with van der Waals surface area (Å²) in [5, 5.41) is 15.2. The number of ketones is 1. The van der Waals surface area contributed by atoms with Gasteiger partial charge in [0.15, 0.2) is 5.78 Å². The van der Waals surface area contributed by atoms with Crippen LogP contribution in [0.2, 0.25) is 0 Å². The zero-order chi connectivity index (χ0) is 19.2. The van der Waals surface area contributed by atoms with Crippen molar-refractivity contribution in [2.24, 2.45) is 0 Å². The minimum Gasteiger partial charge on any atom is -0.360 e. The third-order valence-corrected chi connectivity index (χ3v) is 5.06. The zero-order valence-electron chi connectivity index (χ0n) is 15.2. The summed E-state index contributed by atoms with van der Waals surface area (Å²) in [5.41, 5.74) is 5.12. The number of thiazole rings is 1. The number of carbonyl (C=O) groups excluding carboxylic acids is 1. The van der Waals surface area contributed by atoms with E-state index in [1.165, 1.54) is 23.8 Å². The molecule has 0 aliphatic heterocycles. The van der Waals surface area contributed by atoms with E-state index in [0.29, 0.717) is 16.1 Å². The minimum absolute atomic E-state index is 0.0251. The molecule has 1 aromatic heterocycles. The summed E-state index contributed by atoms with van der Waals surface area (Å²) in [5.74, 6) is 0.0251. The highest BCUT2D eigenvalue weighted by Crippen LogP contribution is 2.26. The molecule has 0 radical (unpaired) electrons. The number of hydrogen-bond donors (Lipinski definition) is 1. The van der Waals surface area contributed by atoms with Crippen molar-refractivity contribution < 1.29 is 4.79 Å². The molecule has 4 nitrogen and oxygen atoms in total. The van der Waals surface area contributed by atoms with Crippen LogP contribution in [0, 0.1) is 11.3 Å². The van der Waals surface area contributed by atoms with Gasteiger partial charge in [-0.2, -0.15) is 5.26 Å². The normalized spacial score (nSPS) is 11.1. The van der Waals surface area contributed by atoms with Crippen LogP contribution in [0.1, 0.15) is 34.8 Å². The fourth-order valence-corrected chi connectivity index (χ4v) is 3.33. The van der Waals surface area contributed by atoms with Gasteiger partial charge in [0, 0.05) is 28.4 Å². The Labute approximate surface area is 162 Å². The molecule has 3 rings (SSSR count). The second-order valence-corrected chi connectivity index (χ2v) is 6.89. The van der Waals surface area contributed by atoms with Gasteiger partial charge in [-0.15, -0.1) is 11.3 Å². The summed E-state index contributed by atoms with van der Waals surface area (Å²) in [6, 6.07) is 17.6. The van der Waals surface area contributed by atoms with Crippen LogP contribution >= 0.6 is 11.3 Å². The molecule has 1 heterocycles. The van der Waals surface area contributed by atoms with E-state index in [4.69, 9.17) is 0 Å². The Kier molecular flexibility index (Phi) is 5.80.